The SMILES string of the molecule is COc1cc(/C=C2\C(=O)NC(=O)N(c3ccc(Cl)cc3)C2=O)ccc1OCCOc1ccc(C(C)(C)c2ccccc2)cc1. The number of halogens is 1. The van der Waals surface area contributed by atoms with Crippen molar-refractivity contribution in [3.8, 4) is 17.2 Å². The number of nitrogens with one attached hydrogen (secondary N) is 1. The quantitative estimate of drug-likeness (QED) is 0.121. The topological polar surface area (TPSA) is 94.2 Å². The van der Waals surface area contributed by atoms with Gasteiger partial charge in [-0.1, -0.05) is 74.0 Å². The molecular formula is C35H31ClN2O6. The number of urea groups is 1. The van der Waals surface area contributed by atoms with Gasteiger partial charge in [-0.05, 0) is 71.3 Å². The van der Waals surface area contributed by atoms with Crippen LogP contribution in [0.1, 0.15) is 30.5 Å². The lowest BCUT2D eigenvalue weighted by atomic mass is 9.78. The summed E-state index contributed by atoms with van der Waals surface area (Å²) in [5.41, 5.74) is 2.87. The van der Waals surface area contributed by atoms with E-state index in [1.54, 1.807) is 30.3 Å². The van der Waals surface area contributed by atoms with Crippen molar-refractivity contribution in [2.24, 2.45) is 0 Å². The number of ether oxygens (including phenoxy) is 3. The van der Waals surface area contributed by atoms with Crippen molar-refractivity contribution in [3.05, 3.63) is 124 Å². The summed E-state index contributed by atoms with van der Waals surface area (Å²) in [5.74, 6) is 0.0564. The molecule has 4 aromatic rings. The monoisotopic (exact) mass is 610 g/mol. The van der Waals surface area contributed by atoms with Crippen LogP contribution in [-0.4, -0.2) is 38.2 Å². The van der Waals surface area contributed by atoms with Crippen molar-refractivity contribution in [1.82, 2.24) is 5.32 Å². The second-order valence-electron chi connectivity index (χ2n) is 10.6. The fraction of sp³-hybridized carbons (Fsp3) is 0.171. The molecule has 0 spiro atoms. The van der Waals surface area contributed by atoms with Gasteiger partial charge in [-0.2, -0.15) is 0 Å². The smallest absolute Gasteiger partial charge is 0.335 e. The molecule has 5 rings (SSSR count). The van der Waals surface area contributed by atoms with E-state index in [2.05, 4.69) is 43.4 Å². The Balaban J connectivity index is 1.21. The maximum atomic E-state index is 13.2. The van der Waals surface area contributed by atoms with Crippen LogP contribution in [0.5, 0.6) is 17.2 Å². The van der Waals surface area contributed by atoms with Gasteiger partial charge in [0.2, 0.25) is 0 Å². The molecule has 0 aliphatic carbocycles. The zero-order valence-electron chi connectivity index (χ0n) is 24.5. The number of barbiturate groups is 1. The minimum Gasteiger partial charge on any atom is -0.493 e. The molecule has 0 unspecified atom stereocenters. The van der Waals surface area contributed by atoms with E-state index >= 15 is 0 Å². The zero-order valence-corrected chi connectivity index (χ0v) is 25.3. The number of hydrogen-bond acceptors (Lipinski definition) is 6. The second-order valence-corrected chi connectivity index (χ2v) is 11.0. The van der Waals surface area contributed by atoms with Crippen LogP contribution in [0.3, 0.4) is 0 Å². The van der Waals surface area contributed by atoms with Gasteiger partial charge < -0.3 is 14.2 Å². The summed E-state index contributed by atoms with van der Waals surface area (Å²) in [6.45, 7) is 4.95. The predicted octanol–water partition coefficient (Wildman–Crippen LogP) is 6.80. The van der Waals surface area contributed by atoms with E-state index < -0.39 is 17.8 Å². The fourth-order valence-electron chi connectivity index (χ4n) is 4.84. The number of amides is 4. The Hall–Kier alpha value is -5.08. The summed E-state index contributed by atoms with van der Waals surface area (Å²) in [6.07, 6.45) is 1.39. The van der Waals surface area contributed by atoms with E-state index in [1.165, 1.54) is 36.4 Å². The first kappa shape index (κ1) is 30.4. The molecule has 4 amide bonds. The lowest BCUT2D eigenvalue weighted by Gasteiger charge is -2.26. The summed E-state index contributed by atoms with van der Waals surface area (Å²) in [4.78, 5) is 39.0. The van der Waals surface area contributed by atoms with Crippen molar-refractivity contribution in [2.75, 3.05) is 25.2 Å². The van der Waals surface area contributed by atoms with Gasteiger partial charge in [0.05, 0.1) is 12.8 Å². The molecule has 9 heteroatoms. The molecule has 0 radical (unpaired) electrons. The molecule has 4 aromatic carbocycles. The van der Waals surface area contributed by atoms with Crippen LogP contribution in [0, 0.1) is 0 Å². The average Bonchev–Trinajstić information content (AvgIpc) is 3.03. The van der Waals surface area contributed by atoms with Gasteiger partial charge in [-0.15, -0.1) is 0 Å². The Labute approximate surface area is 260 Å². The second kappa shape index (κ2) is 13.1. The number of imide groups is 2. The fourth-order valence-corrected chi connectivity index (χ4v) is 4.97. The lowest BCUT2D eigenvalue weighted by molar-refractivity contribution is -0.122. The molecular weight excluding hydrogens is 580 g/mol. The Morgan fingerprint density at radius 2 is 1.45 bits per heavy atom. The van der Waals surface area contributed by atoms with Crippen molar-refractivity contribution in [2.45, 2.75) is 19.3 Å². The van der Waals surface area contributed by atoms with Gasteiger partial charge in [0.25, 0.3) is 11.8 Å². The number of benzene rings is 4. The maximum absolute atomic E-state index is 13.2. The van der Waals surface area contributed by atoms with E-state index in [1.807, 2.05) is 30.3 Å². The first-order valence-corrected chi connectivity index (χ1v) is 14.3. The van der Waals surface area contributed by atoms with Crippen LogP contribution in [0.15, 0.2) is 103 Å². The van der Waals surface area contributed by atoms with Crippen LogP contribution < -0.4 is 24.4 Å². The summed E-state index contributed by atoms with van der Waals surface area (Å²) >= 11 is 5.93. The minimum atomic E-state index is -0.838. The summed E-state index contributed by atoms with van der Waals surface area (Å²) in [6, 6.07) is 28.7. The van der Waals surface area contributed by atoms with Crippen LogP contribution in [0.2, 0.25) is 5.02 Å². The van der Waals surface area contributed by atoms with Gasteiger partial charge in [-0.3, -0.25) is 14.9 Å². The van der Waals surface area contributed by atoms with Crippen LogP contribution in [0.4, 0.5) is 10.5 Å². The lowest BCUT2D eigenvalue weighted by Crippen LogP contribution is -2.54. The normalized spacial score (nSPS) is 14.4. The molecule has 1 saturated heterocycles. The molecule has 0 aromatic heterocycles. The molecule has 0 saturated carbocycles. The highest BCUT2D eigenvalue weighted by molar-refractivity contribution is 6.39. The molecule has 1 N–H and O–H groups in total. The number of anilines is 1. The summed E-state index contributed by atoms with van der Waals surface area (Å²) in [5, 5.41) is 2.65. The van der Waals surface area contributed by atoms with Crippen molar-refractivity contribution < 1.29 is 28.6 Å². The number of rotatable bonds is 10. The zero-order chi connectivity index (χ0) is 31.3. The third-order valence-electron chi connectivity index (χ3n) is 7.37. The minimum absolute atomic E-state index is 0.136. The largest absolute Gasteiger partial charge is 0.493 e. The molecule has 1 heterocycles. The van der Waals surface area contributed by atoms with Crippen LogP contribution in [0.25, 0.3) is 6.08 Å². The highest BCUT2D eigenvalue weighted by Crippen LogP contribution is 2.33. The van der Waals surface area contributed by atoms with Crippen molar-refractivity contribution >= 4 is 41.2 Å². The molecule has 0 bridgehead atoms. The van der Waals surface area contributed by atoms with Gasteiger partial charge in [0, 0.05) is 10.4 Å². The molecule has 1 aliphatic rings. The molecule has 1 fully saturated rings. The first-order valence-electron chi connectivity index (χ1n) is 13.9. The Morgan fingerprint density at radius 3 is 2.14 bits per heavy atom. The third-order valence-corrected chi connectivity index (χ3v) is 7.62. The Kier molecular flexibility index (Phi) is 9.01. The maximum Gasteiger partial charge on any atom is 0.335 e. The van der Waals surface area contributed by atoms with E-state index in [0.29, 0.717) is 28.7 Å². The molecule has 224 valence electrons. The van der Waals surface area contributed by atoms with Crippen molar-refractivity contribution in [3.63, 3.8) is 0 Å². The Bertz CT molecular complexity index is 1700. The van der Waals surface area contributed by atoms with Gasteiger partial charge in [0.15, 0.2) is 11.5 Å². The van der Waals surface area contributed by atoms with E-state index in [4.69, 9.17) is 25.8 Å². The highest BCUT2D eigenvalue weighted by Gasteiger charge is 2.36. The Morgan fingerprint density at radius 1 is 0.795 bits per heavy atom. The van der Waals surface area contributed by atoms with E-state index in [-0.39, 0.29) is 23.3 Å². The number of carbonyl (C=O) groups excluding carboxylic acids is 3. The number of nitrogens with zero attached hydrogens (tertiary/aromatic N) is 1. The number of hydrogen-bond donors (Lipinski definition) is 1. The first-order chi connectivity index (χ1) is 21.2. The predicted molar refractivity (Wildman–Crippen MR) is 169 cm³/mol. The van der Waals surface area contributed by atoms with Gasteiger partial charge in [-0.25, -0.2) is 9.69 Å². The molecule has 0 atom stereocenters. The number of carbonyl (C=O) groups is 3. The average molecular weight is 611 g/mol. The van der Waals surface area contributed by atoms with Crippen molar-refractivity contribution in [1.29, 1.82) is 0 Å². The van der Waals surface area contributed by atoms with Crippen LogP contribution >= 0.6 is 11.6 Å². The standard InChI is InChI=1S/C35H31ClN2O6/c1-35(2,24-7-5-4-6-8-24)25-10-16-28(17-11-25)43-19-20-44-30-18-9-23(22-31(30)42-3)21-29-32(39)37-34(41)38(33(29)40)27-14-12-26(36)13-15-27/h4-18,21-22H,19-20H2,1-3H3,(H,37,39,41)/b29-21+. The summed E-state index contributed by atoms with van der Waals surface area (Å²) in [7, 11) is 1.49. The van der Waals surface area contributed by atoms with Gasteiger partial charge >= 0.3 is 6.03 Å². The van der Waals surface area contributed by atoms with E-state index in [0.717, 1.165) is 10.6 Å². The van der Waals surface area contributed by atoms with Crippen LogP contribution in [-0.2, 0) is 15.0 Å². The molecule has 1 aliphatic heterocycles. The highest BCUT2D eigenvalue weighted by atomic mass is 35.5. The third kappa shape index (κ3) is 6.61. The number of methoxy groups -OCH3 is 1. The van der Waals surface area contributed by atoms with E-state index in [9.17, 15) is 14.4 Å². The van der Waals surface area contributed by atoms with Gasteiger partial charge in [0.1, 0.15) is 24.5 Å². The molecule has 8 nitrogen and oxygen atoms in total. The molecule has 44 heavy (non-hydrogen) atoms. The summed E-state index contributed by atoms with van der Waals surface area (Å²) < 4.78 is 17.3.